The fourth-order valence-corrected chi connectivity index (χ4v) is 3.79. The number of nitro groups is 1. The average molecular weight is 412 g/mol. The number of aromatic nitrogens is 4. The van der Waals surface area contributed by atoms with Crippen molar-refractivity contribution in [3.63, 3.8) is 0 Å². The molecule has 3 aromatic heterocycles. The van der Waals surface area contributed by atoms with Gasteiger partial charge in [0.25, 0.3) is 5.69 Å². The standard InChI is InChI=1S/C17H12N6O3S2/c24-15(18-11-3-1-4-12(9-11)23(25)26)10-28-16-7-6-14-19-20-17(22(14)21-16)13-5-2-8-27-13/h1-9H,10H2,(H,18,24). The Morgan fingerprint density at radius 3 is 2.89 bits per heavy atom. The van der Waals surface area contributed by atoms with Gasteiger partial charge in [0, 0.05) is 17.8 Å². The Bertz CT molecular complexity index is 1160. The van der Waals surface area contributed by atoms with Crippen molar-refractivity contribution in [3.8, 4) is 10.7 Å². The number of carbonyl (C=O) groups is 1. The lowest BCUT2D eigenvalue weighted by Crippen LogP contribution is -2.14. The van der Waals surface area contributed by atoms with Gasteiger partial charge in [0.1, 0.15) is 5.03 Å². The minimum Gasteiger partial charge on any atom is -0.325 e. The first kappa shape index (κ1) is 18.1. The Morgan fingerprint density at radius 2 is 2.11 bits per heavy atom. The number of fused-ring (bicyclic) bond motifs is 1. The highest BCUT2D eigenvalue weighted by atomic mass is 32.2. The van der Waals surface area contributed by atoms with Crippen LogP contribution in [0.1, 0.15) is 0 Å². The van der Waals surface area contributed by atoms with Crippen LogP contribution in [0.2, 0.25) is 0 Å². The topological polar surface area (TPSA) is 115 Å². The highest BCUT2D eigenvalue weighted by molar-refractivity contribution is 7.99. The maximum atomic E-state index is 12.2. The third kappa shape index (κ3) is 3.85. The third-order valence-corrected chi connectivity index (χ3v) is 5.46. The Hall–Kier alpha value is -3.31. The highest BCUT2D eigenvalue weighted by Crippen LogP contribution is 2.24. The van der Waals surface area contributed by atoms with Crippen LogP contribution >= 0.6 is 23.1 Å². The SMILES string of the molecule is O=C(CSc1ccc2nnc(-c3cccs3)n2n1)Nc1cccc([N+](=O)[O-])c1. The van der Waals surface area contributed by atoms with Crippen molar-refractivity contribution in [2.45, 2.75) is 5.03 Å². The first-order valence-corrected chi connectivity index (χ1v) is 9.90. The van der Waals surface area contributed by atoms with Gasteiger partial charge in [-0.3, -0.25) is 14.9 Å². The predicted molar refractivity (Wildman–Crippen MR) is 107 cm³/mol. The smallest absolute Gasteiger partial charge is 0.271 e. The summed E-state index contributed by atoms with van der Waals surface area (Å²) in [7, 11) is 0. The lowest BCUT2D eigenvalue weighted by Gasteiger charge is -2.05. The molecule has 140 valence electrons. The van der Waals surface area contributed by atoms with Crippen molar-refractivity contribution in [1.82, 2.24) is 19.8 Å². The number of carbonyl (C=O) groups excluding carboxylic acids is 1. The fourth-order valence-electron chi connectivity index (χ4n) is 2.44. The summed E-state index contributed by atoms with van der Waals surface area (Å²) < 4.78 is 1.65. The first-order chi connectivity index (χ1) is 13.6. The molecule has 28 heavy (non-hydrogen) atoms. The molecule has 0 spiro atoms. The van der Waals surface area contributed by atoms with Gasteiger partial charge in [-0.2, -0.15) is 9.61 Å². The normalized spacial score (nSPS) is 10.9. The Morgan fingerprint density at radius 1 is 1.21 bits per heavy atom. The first-order valence-electron chi connectivity index (χ1n) is 8.03. The number of nitrogens with zero attached hydrogens (tertiary/aromatic N) is 5. The summed E-state index contributed by atoms with van der Waals surface area (Å²) in [6.07, 6.45) is 0. The molecule has 0 aliphatic carbocycles. The van der Waals surface area contributed by atoms with Gasteiger partial charge in [-0.15, -0.1) is 21.5 Å². The molecule has 3 heterocycles. The van der Waals surface area contributed by atoms with E-state index < -0.39 is 4.92 Å². The molecule has 0 bridgehead atoms. The Labute approximate surface area is 166 Å². The van der Waals surface area contributed by atoms with Gasteiger partial charge >= 0.3 is 0 Å². The van der Waals surface area contributed by atoms with E-state index in [0.717, 1.165) is 4.88 Å². The van der Waals surface area contributed by atoms with E-state index in [1.165, 1.54) is 30.0 Å². The van der Waals surface area contributed by atoms with Crippen LogP contribution in [0.4, 0.5) is 11.4 Å². The van der Waals surface area contributed by atoms with Crippen molar-refractivity contribution in [2.24, 2.45) is 0 Å². The molecule has 0 aliphatic rings. The van der Waals surface area contributed by atoms with Crippen molar-refractivity contribution in [3.05, 3.63) is 64.0 Å². The van der Waals surface area contributed by atoms with E-state index in [2.05, 4.69) is 20.6 Å². The van der Waals surface area contributed by atoms with Gasteiger partial charge in [-0.05, 0) is 29.6 Å². The summed E-state index contributed by atoms with van der Waals surface area (Å²) in [4.78, 5) is 23.4. The molecule has 0 unspecified atom stereocenters. The number of nitrogens with one attached hydrogen (secondary N) is 1. The summed E-state index contributed by atoms with van der Waals surface area (Å²) in [5.41, 5.74) is 0.919. The lowest BCUT2D eigenvalue weighted by molar-refractivity contribution is -0.384. The number of benzene rings is 1. The van der Waals surface area contributed by atoms with Crippen LogP contribution < -0.4 is 5.32 Å². The van der Waals surface area contributed by atoms with Crippen LogP contribution in [0.15, 0.2) is 58.9 Å². The second-order valence-corrected chi connectivity index (χ2v) is 7.53. The van der Waals surface area contributed by atoms with Crippen molar-refractivity contribution in [1.29, 1.82) is 0 Å². The molecule has 0 saturated heterocycles. The molecule has 1 aromatic carbocycles. The molecule has 0 radical (unpaired) electrons. The minimum absolute atomic E-state index is 0.0775. The summed E-state index contributed by atoms with van der Waals surface area (Å²) >= 11 is 2.79. The second-order valence-electron chi connectivity index (χ2n) is 5.59. The molecule has 1 N–H and O–H groups in total. The summed E-state index contributed by atoms with van der Waals surface area (Å²) in [6, 6.07) is 13.2. The molecule has 9 nitrogen and oxygen atoms in total. The van der Waals surface area contributed by atoms with Crippen molar-refractivity contribution < 1.29 is 9.72 Å². The summed E-state index contributed by atoms with van der Waals surface area (Å²) in [6.45, 7) is 0. The fraction of sp³-hybridized carbons (Fsp3) is 0.0588. The van der Waals surface area contributed by atoms with Gasteiger partial charge in [-0.1, -0.05) is 23.9 Å². The van der Waals surface area contributed by atoms with Crippen molar-refractivity contribution >= 4 is 46.0 Å². The van der Waals surface area contributed by atoms with Crippen LogP contribution in [0.25, 0.3) is 16.3 Å². The summed E-state index contributed by atoms with van der Waals surface area (Å²) in [5, 5.41) is 28.8. The van der Waals surface area contributed by atoms with Gasteiger partial charge in [0.15, 0.2) is 11.5 Å². The monoisotopic (exact) mass is 412 g/mol. The van der Waals surface area contributed by atoms with Crippen LogP contribution in [0.5, 0.6) is 0 Å². The number of thioether (sulfide) groups is 1. The Kier molecular flexibility index (Phi) is 5.00. The maximum absolute atomic E-state index is 12.2. The molecule has 1 amide bonds. The third-order valence-electron chi connectivity index (χ3n) is 3.67. The molecule has 4 rings (SSSR count). The van der Waals surface area contributed by atoms with Gasteiger partial charge in [0.2, 0.25) is 5.91 Å². The predicted octanol–water partition coefficient (Wildman–Crippen LogP) is 3.49. The molecular formula is C17H12N6O3S2. The summed E-state index contributed by atoms with van der Waals surface area (Å²) in [5.74, 6) is 0.473. The average Bonchev–Trinajstić information content (AvgIpc) is 3.35. The molecule has 11 heteroatoms. The molecule has 4 aromatic rings. The number of hydrogen-bond acceptors (Lipinski definition) is 8. The van der Waals surface area contributed by atoms with Gasteiger partial charge < -0.3 is 5.32 Å². The van der Waals surface area contributed by atoms with Crippen LogP contribution in [-0.4, -0.2) is 36.4 Å². The molecule has 0 atom stereocenters. The lowest BCUT2D eigenvalue weighted by atomic mass is 10.3. The number of nitro benzene ring substituents is 1. The van der Waals surface area contributed by atoms with Crippen LogP contribution in [-0.2, 0) is 4.79 Å². The van der Waals surface area contributed by atoms with Crippen LogP contribution in [0.3, 0.4) is 0 Å². The van der Waals surface area contributed by atoms with E-state index >= 15 is 0 Å². The molecule has 0 fully saturated rings. The maximum Gasteiger partial charge on any atom is 0.271 e. The zero-order chi connectivity index (χ0) is 19.5. The highest BCUT2D eigenvalue weighted by Gasteiger charge is 2.12. The number of hydrogen-bond donors (Lipinski definition) is 1. The zero-order valence-electron chi connectivity index (χ0n) is 14.2. The number of non-ortho nitro benzene ring substituents is 1. The number of amides is 1. The van der Waals surface area contributed by atoms with E-state index in [0.29, 0.717) is 22.2 Å². The van der Waals surface area contributed by atoms with E-state index in [1.807, 2.05) is 17.5 Å². The Balaban J connectivity index is 1.45. The molecule has 0 saturated carbocycles. The zero-order valence-corrected chi connectivity index (χ0v) is 15.8. The quantitative estimate of drug-likeness (QED) is 0.293. The largest absolute Gasteiger partial charge is 0.325 e. The minimum atomic E-state index is -0.506. The second kappa shape index (κ2) is 7.74. The molecular weight excluding hydrogens is 400 g/mol. The number of rotatable bonds is 6. The van der Waals surface area contributed by atoms with Gasteiger partial charge in [0.05, 0.1) is 15.6 Å². The van der Waals surface area contributed by atoms with Crippen molar-refractivity contribution in [2.75, 3.05) is 11.1 Å². The van der Waals surface area contributed by atoms with E-state index in [9.17, 15) is 14.9 Å². The van der Waals surface area contributed by atoms with E-state index in [-0.39, 0.29) is 17.3 Å². The van der Waals surface area contributed by atoms with Gasteiger partial charge in [-0.25, -0.2) is 0 Å². The number of anilines is 1. The van der Waals surface area contributed by atoms with Crippen LogP contribution in [0, 0.1) is 10.1 Å². The molecule has 0 aliphatic heterocycles. The number of thiophene rings is 1. The van der Waals surface area contributed by atoms with E-state index in [1.54, 1.807) is 34.1 Å². The van der Waals surface area contributed by atoms with E-state index in [4.69, 9.17) is 0 Å².